The summed E-state index contributed by atoms with van der Waals surface area (Å²) in [6, 6.07) is 10.2. The fraction of sp³-hybridized carbons (Fsp3) is 0.286. The van der Waals surface area contributed by atoms with E-state index in [0.717, 1.165) is 11.1 Å². The van der Waals surface area contributed by atoms with E-state index >= 15 is 0 Å². The van der Waals surface area contributed by atoms with Gasteiger partial charge in [0.25, 0.3) is 0 Å². The Morgan fingerprint density at radius 3 is 2.00 bits per heavy atom. The fourth-order valence-electron chi connectivity index (χ4n) is 1.76. The quantitative estimate of drug-likeness (QED) is 0.566. The van der Waals surface area contributed by atoms with Crippen molar-refractivity contribution < 1.29 is 0 Å². The van der Waals surface area contributed by atoms with E-state index in [1.807, 2.05) is 6.07 Å². The summed E-state index contributed by atoms with van der Waals surface area (Å²) in [5.74, 6) is 0.520. The molecule has 0 bridgehead atoms. The third-order valence-electron chi connectivity index (χ3n) is 2.85. The van der Waals surface area contributed by atoms with Crippen LogP contribution in [0.2, 0.25) is 8.67 Å². The van der Waals surface area contributed by atoms with Crippen molar-refractivity contribution in [2.24, 2.45) is 0 Å². The Bertz CT molecular complexity index is 528. The van der Waals surface area contributed by atoms with Crippen LogP contribution in [0.15, 0.2) is 30.3 Å². The molecule has 0 N–H and O–H groups in total. The highest BCUT2D eigenvalue weighted by Gasteiger charge is 2.17. The van der Waals surface area contributed by atoms with Crippen LogP contribution in [0, 0.1) is 0 Å². The van der Waals surface area contributed by atoms with Gasteiger partial charge in [0.1, 0.15) is 0 Å². The number of hydrogen-bond donors (Lipinski definition) is 0. The predicted octanol–water partition coefficient (Wildman–Crippen LogP) is 6.51. The van der Waals surface area contributed by atoms with Crippen LogP contribution in [0.4, 0.5) is 0 Å². The molecule has 0 saturated heterocycles. The molecule has 0 fully saturated rings. The second-order valence-corrected chi connectivity index (χ2v) is 7.19. The van der Waals surface area contributed by atoms with Gasteiger partial charge < -0.3 is 0 Å². The van der Waals surface area contributed by atoms with Crippen LogP contribution >= 0.6 is 46.1 Å². The van der Waals surface area contributed by atoms with E-state index in [9.17, 15) is 0 Å². The highest BCUT2D eigenvalue weighted by Crippen LogP contribution is 2.40. The van der Waals surface area contributed by atoms with Gasteiger partial charge in [0.05, 0.1) is 14.0 Å². The molecule has 0 nitrogen and oxygen atoms in total. The molecule has 1 atom stereocenters. The molecule has 0 amide bonds. The Morgan fingerprint density at radius 2 is 1.56 bits per heavy atom. The minimum Gasteiger partial charge on any atom is -0.113 e. The molecule has 4 heteroatoms. The smallest absolute Gasteiger partial charge is 0.0994 e. The summed E-state index contributed by atoms with van der Waals surface area (Å²) in [4.78, 5) is 0. The Morgan fingerprint density at radius 1 is 1.00 bits per heavy atom. The van der Waals surface area contributed by atoms with Crippen molar-refractivity contribution in [2.45, 2.75) is 25.1 Å². The van der Waals surface area contributed by atoms with E-state index in [0.29, 0.717) is 14.6 Å². The van der Waals surface area contributed by atoms with E-state index in [4.69, 9.17) is 34.8 Å². The summed E-state index contributed by atoms with van der Waals surface area (Å²) in [7, 11) is 0. The first-order chi connectivity index (χ1) is 8.49. The summed E-state index contributed by atoms with van der Waals surface area (Å²) < 4.78 is 1.33. The van der Waals surface area contributed by atoms with Crippen molar-refractivity contribution in [1.82, 2.24) is 0 Å². The molecule has 96 valence electrons. The Balaban J connectivity index is 2.28. The zero-order valence-corrected chi connectivity index (χ0v) is 13.2. The number of rotatable bonds is 3. The molecule has 0 aliphatic carbocycles. The van der Waals surface area contributed by atoms with Crippen molar-refractivity contribution in [2.75, 3.05) is 0 Å². The van der Waals surface area contributed by atoms with Gasteiger partial charge in [-0.3, -0.25) is 0 Å². The van der Waals surface area contributed by atoms with E-state index in [1.165, 1.54) is 16.9 Å². The van der Waals surface area contributed by atoms with Gasteiger partial charge in [-0.05, 0) is 23.1 Å². The number of alkyl halides is 1. The van der Waals surface area contributed by atoms with Gasteiger partial charge >= 0.3 is 0 Å². The number of benzene rings is 1. The van der Waals surface area contributed by atoms with Crippen LogP contribution in [0.1, 0.15) is 41.8 Å². The standard InChI is InChI=1S/C14H13Cl3S/c1-8(2)9-3-5-10(6-4-9)13(16)11-7-12(15)18-14(11)17/h3-8,13H,1-2H3. The second-order valence-electron chi connectivity index (χ2n) is 4.46. The molecule has 18 heavy (non-hydrogen) atoms. The zero-order chi connectivity index (χ0) is 13.3. The topological polar surface area (TPSA) is 0 Å². The van der Waals surface area contributed by atoms with Crippen LogP contribution in [-0.2, 0) is 0 Å². The van der Waals surface area contributed by atoms with Crippen molar-refractivity contribution in [3.8, 4) is 0 Å². The van der Waals surface area contributed by atoms with Crippen LogP contribution in [0.5, 0.6) is 0 Å². The number of halogens is 3. The molecule has 2 aromatic rings. The Hall–Kier alpha value is -0.210. The first-order valence-electron chi connectivity index (χ1n) is 5.67. The van der Waals surface area contributed by atoms with Crippen molar-refractivity contribution in [3.63, 3.8) is 0 Å². The predicted molar refractivity (Wildman–Crippen MR) is 82.6 cm³/mol. The summed E-state index contributed by atoms with van der Waals surface area (Å²) in [6.45, 7) is 4.34. The highest BCUT2D eigenvalue weighted by molar-refractivity contribution is 7.20. The molecule has 1 heterocycles. The van der Waals surface area contributed by atoms with Crippen molar-refractivity contribution >= 4 is 46.1 Å². The average Bonchev–Trinajstić information content (AvgIpc) is 2.67. The minimum atomic E-state index is -0.248. The lowest BCUT2D eigenvalue weighted by atomic mass is 9.99. The molecule has 0 aliphatic rings. The first kappa shape index (κ1) is 14.2. The molecule has 2 rings (SSSR count). The van der Waals surface area contributed by atoms with Gasteiger partial charge in [-0.15, -0.1) is 22.9 Å². The van der Waals surface area contributed by atoms with E-state index < -0.39 is 0 Å². The fourth-order valence-corrected chi connectivity index (χ4v) is 3.73. The maximum Gasteiger partial charge on any atom is 0.0994 e. The zero-order valence-electron chi connectivity index (χ0n) is 10.1. The van der Waals surface area contributed by atoms with E-state index in [-0.39, 0.29) is 5.38 Å². The monoisotopic (exact) mass is 318 g/mol. The highest BCUT2D eigenvalue weighted by atomic mass is 35.5. The second kappa shape index (κ2) is 5.83. The maximum atomic E-state index is 6.45. The summed E-state index contributed by atoms with van der Waals surface area (Å²) >= 11 is 19.9. The molecule has 1 aromatic heterocycles. The molecule has 0 radical (unpaired) electrons. The molecule has 0 aliphatic heterocycles. The first-order valence-corrected chi connectivity index (χ1v) is 7.68. The molecule has 0 spiro atoms. The van der Waals surface area contributed by atoms with Gasteiger partial charge in [0, 0.05) is 5.56 Å². The van der Waals surface area contributed by atoms with Crippen LogP contribution in [0.25, 0.3) is 0 Å². The van der Waals surface area contributed by atoms with Gasteiger partial charge in [0.2, 0.25) is 0 Å². The Kier molecular flexibility index (Phi) is 4.60. The lowest BCUT2D eigenvalue weighted by Crippen LogP contribution is -1.93. The van der Waals surface area contributed by atoms with Crippen molar-refractivity contribution in [1.29, 1.82) is 0 Å². The third-order valence-corrected chi connectivity index (χ3v) is 4.86. The molecular weight excluding hydrogens is 307 g/mol. The lowest BCUT2D eigenvalue weighted by molar-refractivity contribution is 0.865. The average molecular weight is 320 g/mol. The summed E-state index contributed by atoms with van der Waals surface area (Å²) in [6.07, 6.45) is 0. The van der Waals surface area contributed by atoms with Gasteiger partial charge in [0.15, 0.2) is 0 Å². The van der Waals surface area contributed by atoms with Crippen LogP contribution in [0.3, 0.4) is 0 Å². The molecular formula is C14H13Cl3S. The van der Waals surface area contributed by atoms with E-state index in [1.54, 1.807) is 0 Å². The lowest BCUT2D eigenvalue weighted by Gasteiger charge is -2.11. The van der Waals surface area contributed by atoms with Crippen LogP contribution in [-0.4, -0.2) is 0 Å². The van der Waals surface area contributed by atoms with E-state index in [2.05, 4.69) is 38.1 Å². The minimum absolute atomic E-state index is 0.248. The Labute approximate surface area is 126 Å². The van der Waals surface area contributed by atoms with Gasteiger partial charge in [-0.1, -0.05) is 61.3 Å². The number of hydrogen-bond acceptors (Lipinski definition) is 1. The maximum absolute atomic E-state index is 6.45. The van der Waals surface area contributed by atoms with Gasteiger partial charge in [-0.2, -0.15) is 0 Å². The van der Waals surface area contributed by atoms with Gasteiger partial charge in [-0.25, -0.2) is 0 Å². The number of thiophene rings is 1. The largest absolute Gasteiger partial charge is 0.113 e. The normalized spacial score (nSPS) is 13.0. The summed E-state index contributed by atoms with van der Waals surface area (Å²) in [5.41, 5.74) is 3.22. The molecule has 1 unspecified atom stereocenters. The summed E-state index contributed by atoms with van der Waals surface area (Å²) in [5, 5.41) is -0.248. The SMILES string of the molecule is CC(C)c1ccc(C(Cl)c2cc(Cl)sc2Cl)cc1. The third kappa shape index (κ3) is 3.03. The molecule has 1 aromatic carbocycles. The van der Waals surface area contributed by atoms with Crippen molar-refractivity contribution in [3.05, 3.63) is 55.7 Å². The van der Waals surface area contributed by atoms with Crippen LogP contribution < -0.4 is 0 Å². The molecule has 0 saturated carbocycles.